The maximum absolute atomic E-state index is 6.73. The van der Waals surface area contributed by atoms with Crippen molar-refractivity contribution in [1.29, 1.82) is 0 Å². The van der Waals surface area contributed by atoms with E-state index in [-0.39, 0.29) is 5.96 Å². The molecule has 2 aromatic rings. The quantitative estimate of drug-likeness (QED) is 0.745. The van der Waals surface area contributed by atoms with E-state index in [9.17, 15) is 0 Å². The van der Waals surface area contributed by atoms with Gasteiger partial charge in [0, 0.05) is 22.2 Å². The standard InChI is InChI=1S/C18H20N4OS/c1-23-16-6-4-3-5-14(16)18(20)15(11-21-17(19)22-18)12-7-9-13(24-2)10-8-12/h3-11H,20H2,1-2H3,(H3,19,21,22). The largest absolute Gasteiger partial charge is 0.496 e. The Morgan fingerprint density at radius 2 is 1.83 bits per heavy atom. The highest BCUT2D eigenvalue weighted by Gasteiger charge is 2.37. The normalized spacial score (nSPS) is 20.0. The second-order valence-corrected chi connectivity index (χ2v) is 6.27. The average Bonchev–Trinajstić information content (AvgIpc) is 2.62. The van der Waals surface area contributed by atoms with Gasteiger partial charge in [0.25, 0.3) is 0 Å². The van der Waals surface area contributed by atoms with Gasteiger partial charge in [0.2, 0.25) is 0 Å². The molecule has 1 aliphatic heterocycles. The molecule has 1 unspecified atom stereocenters. The van der Waals surface area contributed by atoms with Crippen LogP contribution in [0.3, 0.4) is 0 Å². The third kappa shape index (κ3) is 2.86. The van der Waals surface area contributed by atoms with E-state index in [1.807, 2.05) is 48.9 Å². The van der Waals surface area contributed by atoms with Crippen LogP contribution in [-0.4, -0.2) is 19.3 Å². The molecule has 3 rings (SSSR count). The molecule has 2 aromatic carbocycles. The lowest BCUT2D eigenvalue weighted by Gasteiger charge is -2.33. The number of guanidine groups is 1. The lowest BCUT2D eigenvalue weighted by atomic mass is 9.87. The summed E-state index contributed by atoms with van der Waals surface area (Å²) in [7, 11) is 1.62. The molecule has 0 spiro atoms. The minimum absolute atomic E-state index is 0.271. The highest BCUT2D eigenvalue weighted by atomic mass is 32.2. The summed E-state index contributed by atoms with van der Waals surface area (Å²) in [6.45, 7) is 0. The molecule has 1 aliphatic rings. The number of nitrogens with two attached hydrogens (primary N) is 2. The lowest BCUT2D eigenvalue weighted by Crippen LogP contribution is -2.45. The first-order valence-electron chi connectivity index (χ1n) is 7.48. The second-order valence-electron chi connectivity index (χ2n) is 5.39. The Labute approximate surface area is 145 Å². The maximum Gasteiger partial charge on any atom is 0.195 e. The van der Waals surface area contributed by atoms with E-state index in [2.05, 4.69) is 22.4 Å². The molecule has 6 heteroatoms. The number of benzene rings is 2. The Bertz CT molecular complexity index is 801. The van der Waals surface area contributed by atoms with Gasteiger partial charge in [-0.25, -0.2) is 4.99 Å². The summed E-state index contributed by atoms with van der Waals surface area (Å²) < 4.78 is 5.48. The van der Waals surface area contributed by atoms with Crippen molar-refractivity contribution in [3.63, 3.8) is 0 Å². The Kier molecular flexibility index (Phi) is 4.51. The van der Waals surface area contributed by atoms with Crippen LogP contribution in [-0.2, 0) is 5.66 Å². The smallest absolute Gasteiger partial charge is 0.195 e. The van der Waals surface area contributed by atoms with E-state index in [1.165, 1.54) is 4.90 Å². The minimum atomic E-state index is -1.12. The first-order valence-corrected chi connectivity index (χ1v) is 8.70. The van der Waals surface area contributed by atoms with Gasteiger partial charge in [-0.05, 0) is 30.0 Å². The minimum Gasteiger partial charge on any atom is -0.496 e. The molecule has 0 saturated heterocycles. The molecule has 1 atom stereocenters. The third-order valence-electron chi connectivity index (χ3n) is 3.99. The molecule has 0 fully saturated rings. The Balaban J connectivity index is 2.13. The number of hydrogen-bond donors (Lipinski definition) is 3. The number of methoxy groups -OCH3 is 1. The molecule has 0 amide bonds. The topological polar surface area (TPSA) is 85.7 Å². The van der Waals surface area contributed by atoms with Crippen LogP contribution >= 0.6 is 11.8 Å². The zero-order chi connectivity index (χ0) is 17.2. The fraction of sp³-hybridized carbons (Fsp3) is 0.167. The average molecular weight is 340 g/mol. The molecular weight excluding hydrogens is 320 g/mol. The summed E-state index contributed by atoms with van der Waals surface area (Å²) in [5, 5.41) is 2.96. The maximum atomic E-state index is 6.73. The van der Waals surface area contributed by atoms with Gasteiger partial charge in [0.05, 0.1) is 7.11 Å². The van der Waals surface area contributed by atoms with E-state index in [4.69, 9.17) is 16.2 Å². The van der Waals surface area contributed by atoms with Gasteiger partial charge in [0.15, 0.2) is 11.6 Å². The highest BCUT2D eigenvalue weighted by Crippen LogP contribution is 2.40. The van der Waals surface area contributed by atoms with Crippen LogP contribution < -0.4 is 21.5 Å². The zero-order valence-corrected chi connectivity index (χ0v) is 14.4. The molecule has 24 heavy (non-hydrogen) atoms. The Morgan fingerprint density at radius 3 is 2.50 bits per heavy atom. The van der Waals surface area contributed by atoms with Gasteiger partial charge in [-0.15, -0.1) is 11.8 Å². The van der Waals surface area contributed by atoms with Crippen molar-refractivity contribution in [3.8, 4) is 5.75 Å². The summed E-state index contributed by atoms with van der Waals surface area (Å²) in [5.41, 5.74) is 14.1. The van der Waals surface area contributed by atoms with Crippen LogP contribution in [0.5, 0.6) is 5.75 Å². The molecule has 0 aromatic heterocycles. The van der Waals surface area contributed by atoms with Crippen LogP contribution in [0.1, 0.15) is 11.1 Å². The van der Waals surface area contributed by atoms with Gasteiger partial charge < -0.3 is 15.8 Å². The van der Waals surface area contributed by atoms with Crippen molar-refractivity contribution in [3.05, 3.63) is 65.9 Å². The van der Waals surface area contributed by atoms with Crippen LogP contribution in [0.2, 0.25) is 0 Å². The number of ether oxygens (including phenoxy) is 1. The molecule has 1 heterocycles. The van der Waals surface area contributed by atoms with Gasteiger partial charge in [0.1, 0.15) is 5.75 Å². The SMILES string of the molecule is COc1ccccc1C1(N)N=C(N)NC=C1c1ccc(SC)cc1. The van der Waals surface area contributed by atoms with E-state index in [0.717, 1.165) is 16.7 Å². The molecule has 0 bridgehead atoms. The van der Waals surface area contributed by atoms with Gasteiger partial charge in [-0.2, -0.15) is 0 Å². The van der Waals surface area contributed by atoms with E-state index in [1.54, 1.807) is 18.9 Å². The van der Waals surface area contributed by atoms with Crippen molar-refractivity contribution >= 4 is 23.3 Å². The fourth-order valence-electron chi connectivity index (χ4n) is 2.78. The lowest BCUT2D eigenvalue weighted by molar-refractivity contribution is 0.399. The highest BCUT2D eigenvalue weighted by molar-refractivity contribution is 7.98. The first kappa shape index (κ1) is 16.4. The van der Waals surface area contributed by atoms with Crippen LogP contribution in [0.15, 0.2) is 64.6 Å². The fourth-order valence-corrected chi connectivity index (χ4v) is 3.19. The predicted octanol–water partition coefficient (Wildman–Crippen LogP) is 2.49. The van der Waals surface area contributed by atoms with Crippen LogP contribution in [0.25, 0.3) is 5.57 Å². The van der Waals surface area contributed by atoms with E-state index in [0.29, 0.717) is 5.75 Å². The third-order valence-corrected chi connectivity index (χ3v) is 4.73. The van der Waals surface area contributed by atoms with Crippen LogP contribution in [0, 0.1) is 0 Å². The van der Waals surface area contributed by atoms with Crippen molar-refractivity contribution in [2.24, 2.45) is 16.5 Å². The number of para-hydroxylation sites is 1. The summed E-state index contributed by atoms with van der Waals surface area (Å²) in [4.78, 5) is 5.69. The van der Waals surface area contributed by atoms with Gasteiger partial charge in [-0.3, -0.25) is 5.73 Å². The van der Waals surface area contributed by atoms with E-state index < -0.39 is 5.66 Å². The molecule has 0 saturated carbocycles. The van der Waals surface area contributed by atoms with Crippen molar-refractivity contribution in [2.75, 3.05) is 13.4 Å². The van der Waals surface area contributed by atoms with Gasteiger partial charge >= 0.3 is 0 Å². The van der Waals surface area contributed by atoms with Crippen LogP contribution in [0.4, 0.5) is 0 Å². The number of nitrogens with one attached hydrogen (secondary N) is 1. The first-order chi connectivity index (χ1) is 11.6. The van der Waals surface area contributed by atoms with Gasteiger partial charge in [-0.1, -0.05) is 30.3 Å². The van der Waals surface area contributed by atoms with E-state index >= 15 is 0 Å². The molecule has 0 aliphatic carbocycles. The summed E-state index contributed by atoms with van der Waals surface area (Å²) in [6.07, 6.45) is 3.85. The molecule has 5 nitrogen and oxygen atoms in total. The molecular formula is C18H20N4OS. The van der Waals surface area contributed by atoms with Crippen molar-refractivity contribution in [1.82, 2.24) is 5.32 Å². The number of aliphatic imine (C=N–C) groups is 1. The Morgan fingerprint density at radius 1 is 1.12 bits per heavy atom. The predicted molar refractivity (Wildman–Crippen MR) is 99.8 cm³/mol. The summed E-state index contributed by atoms with van der Waals surface area (Å²) in [6, 6.07) is 15.8. The second kappa shape index (κ2) is 6.59. The number of thioether (sulfide) groups is 1. The molecule has 124 valence electrons. The summed E-state index contributed by atoms with van der Waals surface area (Å²) >= 11 is 1.69. The monoisotopic (exact) mass is 340 g/mol. The zero-order valence-electron chi connectivity index (χ0n) is 13.6. The summed E-state index contributed by atoms with van der Waals surface area (Å²) in [5.74, 6) is 0.943. The number of hydrogen-bond acceptors (Lipinski definition) is 6. The molecule has 5 N–H and O–H groups in total. The Hall–Kier alpha value is -2.44. The number of rotatable bonds is 4. The molecule has 0 radical (unpaired) electrons. The van der Waals surface area contributed by atoms with Crippen molar-refractivity contribution in [2.45, 2.75) is 10.6 Å². The van der Waals surface area contributed by atoms with Crippen molar-refractivity contribution < 1.29 is 4.74 Å². The number of nitrogens with zero attached hydrogens (tertiary/aromatic N) is 1.